The topological polar surface area (TPSA) is 9.23 Å². The molecule has 1 aliphatic rings. The Hall–Kier alpha value is -0.510. The van der Waals surface area contributed by atoms with E-state index < -0.39 is 0 Å². The van der Waals surface area contributed by atoms with Crippen LogP contribution in [0, 0.1) is 0 Å². The Morgan fingerprint density at radius 3 is 2.85 bits per heavy atom. The van der Waals surface area contributed by atoms with E-state index >= 15 is 0 Å². The van der Waals surface area contributed by atoms with Crippen LogP contribution in [0.25, 0.3) is 0 Å². The Balaban J connectivity index is 1.92. The van der Waals surface area contributed by atoms with Crippen molar-refractivity contribution in [3.05, 3.63) is 62.6 Å². The number of ether oxygens (including phenoxy) is 1. The fourth-order valence-corrected chi connectivity index (χ4v) is 3.92. The first-order valence-electron chi connectivity index (χ1n) is 6.48. The van der Waals surface area contributed by atoms with Gasteiger partial charge in [-0.05, 0) is 35.7 Å². The molecule has 0 saturated heterocycles. The number of hydrogen-bond donors (Lipinski definition) is 0. The predicted molar refractivity (Wildman–Crippen MR) is 90.2 cm³/mol. The van der Waals surface area contributed by atoms with Crippen LogP contribution in [-0.4, -0.2) is 6.61 Å². The Kier molecular flexibility index (Phi) is 4.39. The van der Waals surface area contributed by atoms with Gasteiger partial charge in [0, 0.05) is 26.3 Å². The first kappa shape index (κ1) is 14.4. The van der Waals surface area contributed by atoms with Crippen LogP contribution in [0.3, 0.4) is 0 Å². The number of rotatable bonds is 3. The minimum Gasteiger partial charge on any atom is -0.493 e. The van der Waals surface area contributed by atoms with Gasteiger partial charge in [-0.1, -0.05) is 61.7 Å². The number of benzene rings is 2. The summed E-state index contributed by atoms with van der Waals surface area (Å²) in [5.41, 5.74) is 3.60. The average molecular weight is 417 g/mol. The number of halogens is 3. The van der Waals surface area contributed by atoms with Crippen molar-refractivity contribution in [2.24, 2.45) is 0 Å². The third-order valence-electron chi connectivity index (χ3n) is 3.47. The second-order valence-electron chi connectivity index (χ2n) is 4.84. The van der Waals surface area contributed by atoms with Crippen molar-refractivity contribution in [1.29, 1.82) is 0 Å². The Morgan fingerprint density at radius 2 is 2.05 bits per heavy atom. The van der Waals surface area contributed by atoms with E-state index in [9.17, 15) is 0 Å². The summed E-state index contributed by atoms with van der Waals surface area (Å²) in [5.74, 6) is 1.03. The molecule has 3 rings (SSSR count). The van der Waals surface area contributed by atoms with Crippen molar-refractivity contribution in [2.45, 2.75) is 17.7 Å². The molecule has 1 heterocycles. The summed E-state index contributed by atoms with van der Waals surface area (Å²) in [6, 6.07) is 12.2. The van der Waals surface area contributed by atoms with E-state index in [4.69, 9.17) is 16.3 Å². The van der Waals surface area contributed by atoms with E-state index in [-0.39, 0.29) is 4.83 Å². The van der Waals surface area contributed by atoms with Gasteiger partial charge in [0.25, 0.3) is 0 Å². The SMILES string of the molecule is Clc1ccccc1CC(Br)c1cc(Br)cc2c1OCC2. The molecule has 0 amide bonds. The van der Waals surface area contributed by atoms with Crippen LogP contribution >= 0.6 is 43.5 Å². The molecule has 1 nitrogen and oxygen atoms in total. The summed E-state index contributed by atoms with van der Waals surface area (Å²) in [5, 5.41) is 0.810. The largest absolute Gasteiger partial charge is 0.493 e. The second kappa shape index (κ2) is 6.08. The number of hydrogen-bond acceptors (Lipinski definition) is 1. The Morgan fingerprint density at radius 1 is 1.25 bits per heavy atom. The van der Waals surface area contributed by atoms with E-state index in [2.05, 4.69) is 50.1 Å². The van der Waals surface area contributed by atoms with Crippen LogP contribution in [0.5, 0.6) is 5.75 Å². The molecular formula is C16H13Br2ClO. The lowest BCUT2D eigenvalue weighted by atomic mass is 10.0. The molecule has 104 valence electrons. The standard InChI is InChI=1S/C16H13Br2ClO/c17-12-7-11-5-6-20-16(11)13(9-12)14(18)8-10-3-1-2-4-15(10)19/h1-4,7,9,14H,5-6,8H2. The van der Waals surface area contributed by atoms with Gasteiger partial charge in [0.2, 0.25) is 0 Å². The monoisotopic (exact) mass is 414 g/mol. The molecule has 2 aromatic carbocycles. The highest BCUT2D eigenvalue weighted by Gasteiger charge is 2.22. The maximum atomic E-state index is 6.24. The maximum Gasteiger partial charge on any atom is 0.127 e. The van der Waals surface area contributed by atoms with Gasteiger partial charge in [0.1, 0.15) is 5.75 Å². The molecule has 4 heteroatoms. The van der Waals surface area contributed by atoms with Gasteiger partial charge in [-0.2, -0.15) is 0 Å². The fourth-order valence-electron chi connectivity index (χ4n) is 2.50. The maximum absolute atomic E-state index is 6.24. The zero-order valence-electron chi connectivity index (χ0n) is 10.7. The van der Waals surface area contributed by atoms with Crippen molar-refractivity contribution in [1.82, 2.24) is 0 Å². The first-order valence-corrected chi connectivity index (χ1v) is 8.56. The van der Waals surface area contributed by atoms with Gasteiger partial charge in [0.15, 0.2) is 0 Å². The molecule has 2 aromatic rings. The molecule has 20 heavy (non-hydrogen) atoms. The van der Waals surface area contributed by atoms with E-state index in [0.29, 0.717) is 0 Å². The minimum absolute atomic E-state index is 0.187. The molecule has 0 spiro atoms. The summed E-state index contributed by atoms with van der Waals surface area (Å²) in [6.45, 7) is 0.768. The average Bonchev–Trinajstić information content (AvgIpc) is 2.88. The molecule has 0 saturated carbocycles. The van der Waals surface area contributed by atoms with Gasteiger partial charge >= 0.3 is 0 Å². The smallest absolute Gasteiger partial charge is 0.127 e. The highest BCUT2D eigenvalue weighted by atomic mass is 79.9. The third kappa shape index (κ3) is 2.90. The van der Waals surface area contributed by atoms with Crippen molar-refractivity contribution in [2.75, 3.05) is 6.61 Å². The van der Waals surface area contributed by atoms with Crippen LogP contribution in [-0.2, 0) is 12.8 Å². The zero-order chi connectivity index (χ0) is 14.1. The molecule has 1 atom stereocenters. The van der Waals surface area contributed by atoms with Crippen molar-refractivity contribution < 1.29 is 4.74 Å². The summed E-state index contributed by atoms with van der Waals surface area (Å²) < 4.78 is 6.89. The predicted octanol–water partition coefficient (Wildman–Crippen LogP) is 5.72. The third-order valence-corrected chi connectivity index (χ3v) is 5.12. The lowest BCUT2D eigenvalue weighted by molar-refractivity contribution is 0.353. The molecule has 1 unspecified atom stereocenters. The van der Waals surface area contributed by atoms with Crippen LogP contribution < -0.4 is 4.74 Å². The van der Waals surface area contributed by atoms with Crippen molar-refractivity contribution >= 4 is 43.5 Å². The fraction of sp³-hybridized carbons (Fsp3) is 0.250. The lowest BCUT2D eigenvalue weighted by Crippen LogP contribution is -1.99. The van der Waals surface area contributed by atoms with Crippen LogP contribution in [0.4, 0.5) is 0 Å². The van der Waals surface area contributed by atoms with Gasteiger partial charge < -0.3 is 4.74 Å². The highest BCUT2D eigenvalue weighted by Crippen LogP contribution is 2.41. The van der Waals surface area contributed by atoms with E-state index in [0.717, 1.165) is 40.3 Å². The van der Waals surface area contributed by atoms with Gasteiger partial charge in [-0.15, -0.1) is 0 Å². The van der Waals surface area contributed by atoms with Crippen LogP contribution in [0.2, 0.25) is 5.02 Å². The molecule has 0 N–H and O–H groups in total. The quantitative estimate of drug-likeness (QED) is 0.582. The molecule has 0 aliphatic carbocycles. The lowest BCUT2D eigenvalue weighted by Gasteiger charge is -2.15. The van der Waals surface area contributed by atoms with Crippen LogP contribution in [0.1, 0.15) is 21.5 Å². The van der Waals surface area contributed by atoms with Gasteiger partial charge in [-0.25, -0.2) is 0 Å². The summed E-state index contributed by atoms with van der Waals surface area (Å²) in [6.07, 6.45) is 1.82. The highest BCUT2D eigenvalue weighted by molar-refractivity contribution is 9.10. The Bertz CT molecular complexity index is 642. The van der Waals surface area contributed by atoms with E-state index in [1.165, 1.54) is 11.1 Å². The Labute approximate surface area is 140 Å². The van der Waals surface area contributed by atoms with Crippen molar-refractivity contribution in [3.8, 4) is 5.75 Å². The summed E-state index contributed by atoms with van der Waals surface area (Å²) >= 11 is 13.6. The normalized spacial score (nSPS) is 14.8. The molecule has 0 fully saturated rings. The number of alkyl halides is 1. The first-order chi connectivity index (χ1) is 9.65. The summed E-state index contributed by atoms with van der Waals surface area (Å²) in [4.78, 5) is 0.187. The molecule has 0 bridgehead atoms. The van der Waals surface area contributed by atoms with E-state index in [1.54, 1.807) is 0 Å². The second-order valence-corrected chi connectivity index (χ2v) is 7.27. The molecule has 0 aromatic heterocycles. The molecule has 0 radical (unpaired) electrons. The number of fused-ring (bicyclic) bond motifs is 1. The minimum atomic E-state index is 0.187. The van der Waals surface area contributed by atoms with Gasteiger partial charge in [-0.3, -0.25) is 0 Å². The molecule has 1 aliphatic heterocycles. The van der Waals surface area contributed by atoms with Crippen LogP contribution in [0.15, 0.2) is 40.9 Å². The zero-order valence-corrected chi connectivity index (χ0v) is 14.6. The molecular weight excluding hydrogens is 403 g/mol. The summed E-state index contributed by atoms with van der Waals surface area (Å²) in [7, 11) is 0. The van der Waals surface area contributed by atoms with E-state index in [1.807, 2.05) is 18.2 Å². The van der Waals surface area contributed by atoms with Gasteiger partial charge in [0.05, 0.1) is 6.61 Å². The van der Waals surface area contributed by atoms with Crippen molar-refractivity contribution in [3.63, 3.8) is 0 Å².